The largest absolute Gasteiger partial charge is 1.00 e. The number of hydrogen-bond acceptors (Lipinski definition) is 11. The average molecular weight is 604 g/mol. The third-order valence-electron chi connectivity index (χ3n) is 4.17. The zero-order valence-electron chi connectivity index (χ0n) is 19.4. The first-order valence-electron chi connectivity index (χ1n) is 9.22. The van der Waals surface area contributed by atoms with Crippen molar-refractivity contribution in [2.75, 3.05) is 10.6 Å². The van der Waals surface area contributed by atoms with Gasteiger partial charge in [0.2, 0.25) is 22.4 Å². The summed E-state index contributed by atoms with van der Waals surface area (Å²) >= 11 is 11.4. The fourth-order valence-corrected chi connectivity index (χ4v) is 4.58. The summed E-state index contributed by atoms with van der Waals surface area (Å²) < 4.78 is 70.7. The van der Waals surface area contributed by atoms with Crippen molar-refractivity contribution in [3.63, 3.8) is 0 Å². The Hall–Kier alpha value is -1.14. The molecule has 0 aliphatic rings. The van der Waals surface area contributed by atoms with Crippen LogP contribution in [0.1, 0.15) is 18.1 Å². The number of amides is 1. The van der Waals surface area contributed by atoms with E-state index in [0.717, 1.165) is 24.3 Å². The van der Waals surface area contributed by atoms with Gasteiger partial charge < -0.3 is 19.7 Å². The number of anilines is 3. The molecule has 3 rings (SSSR count). The van der Waals surface area contributed by atoms with Crippen LogP contribution in [0.15, 0.2) is 46.2 Å². The van der Waals surface area contributed by atoms with E-state index in [4.69, 9.17) is 23.2 Å². The smallest absolute Gasteiger partial charge is 0.744 e. The van der Waals surface area contributed by atoms with Crippen LogP contribution >= 0.6 is 23.2 Å². The van der Waals surface area contributed by atoms with E-state index in [0.29, 0.717) is 0 Å². The second kappa shape index (κ2) is 13.8. The normalized spacial score (nSPS) is 11.4. The molecule has 0 aliphatic carbocycles. The molecule has 0 bridgehead atoms. The SMILES string of the molecule is CC(=O)Nc1ccc(C=Cc2ccc(Nc3nc(Cl)nc(Cl)n3)cc2S(=O)(=O)[O-])c(S(=O)(=O)[O-])c1.[Na+].[Na+]. The Morgan fingerprint density at radius 1 is 0.811 bits per heavy atom. The molecule has 0 aliphatic heterocycles. The zero-order chi connectivity index (χ0) is 26.0. The topological polar surface area (TPSA) is 194 Å². The first kappa shape index (κ1) is 33.9. The van der Waals surface area contributed by atoms with Crippen LogP contribution in [0.25, 0.3) is 12.2 Å². The van der Waals surface area contributed by atoms with E-state index in [1.165, 1.54) is 31.2 Å². The molecule has 3 aromatic rings. The van der Waals surface area contributed by atoms with Gasteiger partial charge in [-0.2, -0.15) is 15.0 Å². The zero-order valence-corrected chi connectivity index (χ0v) is 26.5. The molecule has 0 saturated carbocycles. The van der Waals surface area contributed by atoms with Gasteiger partial charge in [0.25, 0.3) is 0 Å². The number of carbonyl (C=O) groups is 1. The van der Waals surface area contributed by atoms with Gasteiger partial charge in [0, 0.05) is 18.3 Å². The van der Waals surface area contributed by atoms with Gasteiger partial charge in [0.05, 0.1) is 9.79 Å². The van der Waals surface area contributed by atoms with Crippen LogP contribution < -0.4 is 69.7 Å². The molecule has 0 spiro atoms. The Morgan fingerprint density at radius 3 is 1.68 bits per heavy atom. The van der Waals surface area contributed by atoms with Gasteiger partial charge in [-0.3, -0.25) is 4.79 Å². The molecule has 0 atom stereocenters. The van der Waals surface area contributed by atoms with Crippen molar-refractivity contribution >= 4 is 78.8 Å². The Kier molecular flexibility index (Phi) is 12.6. The van der Waals surface area contributed by atoms with E-state index in [1.54, 1.807) is 0 Å². The molecule has 12 nitrogen and oxygen atoms in total. The fourth-order valence-electron chi connectivity index (χ4n) is 2.83. The summed E-state index contributed by atoms with van der Waals surface area (Å²) in [7, 11) is -9.97. The Bertz CT molecular complexity index is 1550. The summed E-state index contributed by atoms with van der Waals surface area (Å²) in [6.45, 7) is 1.20. The van der Waals surface area contributed by atoms with Gasteiger partial charge in [0.1, 0.15) is 20.2 Å². The van der Waals surface area contributed by atoms with E-state index >= 15 is 0 Å². The minimum Gasteiger partial charge on any atom is -0.744 e. The van der Waals surface area contributed by atoms with Crippen molar-refractivity contribution in [3.05, 3.63) is 58.1 Å². The molecule has 1 aromatic heterocycles. The summed E-state index contributed by atoms with van der Waals surface area (Å²) in [5.74, 6) is -0.597. The molecule has 0 saturated heterocycles. The Morgan fingerprint density at radius 2 is 1.24 bits per heavy atom. The molecule has 1 heterocycles. The monoisotopic (exact) mass is 603 g/mol. The van der Waals surface area contributed by atoms with Crippen LogP contribution in [-0.4, -0.2) is 46.8 Å². The molecule has 0 unspecified atom stereocenters. The molecule has 0 fully saturated rings. The Labute approximate surface area is 266 Å². The van der Waals surface area contributed by atoms with Crippen molar-refractivity contribution in [3.8, 4) is 0 Å². The number of nitrogens with one attached hydrogen (secondary N) is 2. The number of carbonyl (C=O) groups excluding carboxylic acids is 1. The van der Waals surface area contributed by atoms with Crippen LogP contribution in [0.4, 0.5) is 17.3 Å². The number of halogens is 2. The van der Waals surface area contributed by atoms with Crippen LogP contribution in [0.5, 0.6) is 0 Å². The van der Waals surface area contributed by atoms with Gasteiger partial charge in [-0.25, -0.2) is 16.8 Å². The number of aromatic nitrogens is 3. The second-order valence-electron chi connectivity index (χ2n) is 6.75. The first-order chi connectivity index (χ1) is 16.2. The minimum absolute atomic E-state index is 0. The summed E-state index contributed by atoms with van der Waals surface area (Å²) in [5.41, 5.74) is -0.0317. The van der Waals surface area contributed by atoms with Crippen molar-refractivity contribution in [2.45, 2.75) is 16.7 Å². The second-order valence-corrected chi connectivity index (χ2v) is 10.1. The molecular weight excluding hydrogens is 591 g/mol. The average Bonchev–Trinajstić information content (AvgIpc) is 2.71. The van der Waals surface area contributed by atoms with Gasteiger partial charge >= 0.3 is 59.1 Å². The van der Waals surface area contributed by atoms with E-state index in [9.17, 15) is 30.7 Å². The molecule has 2 aromatic carbocycles. The van der Waals surface area contributed by atoms with Crippen LogP contribution in [0.3, 0.4) is 0 Å². The number of hydrogen-bond donors (Lipinski definition) is 2. The maximum Gasteiger partial charge on any atom is 1.00 e. The van der Waals surface area contributed by atoms with Gasteiger partial charge in [-0.15, -0.1) is 0 Å². The maximum atomic E-state index is 11.9. The third kappa shape index (κ3) is 9.84. The van der Waals surface area contributed by atoms with Crippen molar-refractivity contribution < 1.29 is 89.9 Å². The maximum absolute atomic E-state index is 11.9. The number of benzene rings is 2. The third-order valence-corrected chi connectivity index (χ3v) is 6.29. The van der Waals surface area contributed by atoms with Crippen molar-refractivity contribution in [2.24, 2.45) is 0 Å². The van der Waals surface area contributed by atoms with Crippen molar-refractivity contribution in [1.82, 2.24) is 15.0 Å². The fraction of sp³-hybridized carbons (Fsp3) is 0.0526. The van der Waals surface area contributed by atoms with E-state index in [1.807, 2.05) is 0 Å². The predicted molar refractivity (Wildman–Crippen MR) is 125 cm³/mol. The van der Waals surface area contributed by atoms with Crippen molar-refractivity contribution in [1.29, 1.82) is 0 Å². The van der Waals surface area contributed by atoms with Crippen LogP contribution in [-0.2, 0) is 25.0 Å². The molecule has 184 valence electrons. The summed E-state index contributed by atoms with van der Waals surface area (Å²) in [6, 6.07) is 7.18. The molecule has 1 amide bonds. The molecule has 2 N–H and O–H groups in total. The van der Waals surface area contributed by atoms with E-state index in [2.05, 4.69) is 25.6 Å². The summed E-state index contributed by atoms with van der Waals surface area (Å²) in [6.07, 6.45) is 2.29. The summed E-state index contributed by atoms with van der Waals surface area (Å²) in [4.78, 5) is 21.0. The van der Waals surface area contributed by atoms with Gasteiger partial charge in [0.15, 0.2) is 0 Å². The minimum atomic E-state index is -5.00. The quantitative estimate of drug-likeness (QED) is 0.157. The molecule has 0 radical (unpaired) electrons. The molecule has 18 heteroatoms. The molecule has 37 heavy (non-hydrogen) atoms. The standard InChI is InChI=1S/C19H15Cl2N5O7S2.2Na/c1-10(27)22-13-6-4-11(15(8-13)34(28,29)30)2-3-12-5-7-14(9-16(12)35(31,32)33)23-19-25-17(20)24-18(21)26-19;;/h2-9H,1H3,(H,22,27)(H,28,29,30)(H,31,32,33)(H,23,24,25,26);;/q;2*+1/p-2. The number of rotatable bonds is 7. The van der Waals surface area contributed by atoms with E-state index < -0.39 is 35.9 Å². The van der Waals surface area contributed by atoms with Crippen LogP contribution in [0.2, 0.25) is 10.6 Å². The van der Waals surface area contributed by atoms with E-state index in [-0.39, 0.29) is 98.1 Å². The molecular formula is C19H13Cl2N5Na2O7S2. The van der Waals surface area contributed by atoms with Gasteiger partial charge in [-0.05, 0) is 58.6 Å². The van der Waals surface area contributed by atoms with Gasteiger partial charge in [-0.1, -0.05) is 24.3 Å². The predicted octanol–water partition coefficient (Wildman–Crippen LogP) is -3.13. The first-order valence-corrected chi connectivity index (χ1v) is 12.8. The number of nitrogens with zero attached hydrogens (tertiary/aromatic N) is 3. The Balaban J connectivity index is 0.00000342. The summed E-state index contributed by atoms with van der Waals surface area (Å²) in [5, 5.41) is 4.54. The van der Waals surface area contributed by atoms with Crippen LogP contribution in [0, 0.1) is 0 Å².